The van der Waals surface area contributed by atoms with Crippen LogP contribution >= 0.6 is 7.72 Å². The number of hydrogen-bond donors (Lipinski definition) is 4. The van der Waals surface area contributed by atoms with Crippen LogP contribution in [0.4, 0.5) is 0 Å². The Balaban J connectivity index is 2.68. The summed E-state index contributed by atoms with van der Waals surface area (Å²) in [6.45, 7) is 0.377. The third-order valence-corrected chi connectivity index (χ3v) is 4.77. The fraction of sp³-hybridized carbons (Fsp3) is 0.636. The van der Waals surface area contributed by atoms with Crippen LogP contribution in [0.25, 0.3) is 0 Å². The average Bonchev–Trinajstić information content (AvgIpc) is 2.35. The van der Waals surface area contributed by atoms with E-state index in [9.17, 15) is 19.4 Å². The molecule has 0 aliphatic carbocycles. The molecule has 4 N–H and O–H groups in total. The predicted octanol–water partition coefficient (Wildman–Crippen LogP) is 1.04. The number of carbonyl (C=O) groups is 2. The van der Waals surface area contributed by atoms with Crippen LogP contribution in [0.2, 0.25) is 0 Å². The van der Waals surface area contributed by atoms with Gasteiger partial charge >= 0.3 is 19.7 Å². The highest BCUT2D eigenvalue weighted by atomic mass is 31.2. The minimum absolute atomic E-state index is 0.0559. The van der Waals surface area contributed by atoms with E-state index in [1.54, 1.807) is 6.08 Å². The first-order valence-electron chi connectivity index (χ1n) is 5.94. The fourth-order valence-corrected chi connectivity index (χ4v) is 3.63. The van der Waals surface area contributed by atoms with Gasteiger partial charge in [-0.3, -0.25) is 9.59 Å². The van der Waals surface area contributed by atoms with E-state index >= 15 is 0 Å². The van der Waals surface area contributed by atoms with Crippen LogP contribution in [0.3, 0.4) is 0 Å². The molecule has 0 radical (unpaired) electrons. The van der Waals surface area contributed by atoms with Crippen molar-refractivity contribution < 1.29 is 34.3 Å². The quantitative estimate of drug-likeness (QED) is 0.517. The lowest BCUT2D eigenvalue weighted by Gasteiger charge is -2.21. The first-order valence-corrected chi connectivity index (χ1v) is 7.82. The van der Waals surface area contributed by atoms with Crippen molar-refractivity contribution in [3.8, 4) is 0 Å². The monoisotopic (exact) mass is 293 g/mol. The first-order chi connectivity index (χ1) is 8.83. The van der Waals surface area contributed by atoms with Gasteiger partial charge < -0.3 is 14.9 Å². The summed E-state index contributed by atoms with van der Waals surface area (Å²) in [6.07, 6.45) is 2.16. The van der Waals surface area contributed by atoms with E-state index in [2.05, 4.69) is 0 Å². The lowest BCUT2D eigenvalue weighted by molar-refractivity contribution is -0.142. The van der Waals surface area contributed by atoms with Crippen molar-refractivity contribution in [1.29, 1.82) is 0 Å². The highest BCUT2D eigenvalue weighted by molar-refractivity contribution is 7.68. The van der Waals surface area contributed by atoms with Gasteiger partial charge in [-0.2, -0.15) is 0 Å². The van der Waals surface area contributed by atoms with E-state index < -0.39 is 25.6 Å². The Morgan fingerprint density at radius 1 is 1.37 bits per heavy atom. The number of carboxylic acids is 2. The molecule has 0 amide bonds. The van der Waals surface area contributed by atoms with Crippen molar-refractivity contribution in [1.82, 2.24) is 0 Å². The maximum absolute atomic E-state index is 11.0. The van der Waals surface area contributed by atoms with Gasteiger partial charge in [0.15, 0.2) is 0 Å². The third-order valence-electron chi connectivity index (χ3n) is 2.80. The van der Waals surface area contributed by atoms with Gasteiger partial charge in [-0.05, 0) is 19.3 Å². The molecule has 1 rings (SSSR count). The molecule has 0 saturated heterocycles. The predicted molar refractivity (Wildman–Crippen MR) is 67.5 cm³/mol. The Hall–Kier alpha value is -1.17. The van der Waals surface area contributed by atoms with Crippen LogP contribution in [-0.4, -0.2) is 44.7 Å². The third kappa shape index (κ3) is 5.14. The molecule has 19 heavy (non-hydrogen) atoms. The average molecular weight is 293 g/mol. The lowest BCUT2D eigenvalue weighted by Crippen LogP contribution is -2.22. The van der Waals surface area contributed by atoms with Crippen LogP contribution < -0.4 is 0 Å². The zero-order chi connectivity index (χ0) is 14.5. The normalized spacial score (nSPS) is 17.3. The van der Waals surface area contributed by atoms with Crippen molar-refractivity contribution in [3.05, 3.63) is 11.6 Å². The van der Waals surface area contributed by atoms with Gasteiger partial charge in [0.25, 0.3) is 5.50 Å². The Labute approximate surface area is 111 Å². The van der Waals surface area contributed by atoms with Gasteiger partial charge in [0, 0.05) is 12.5 Å². The van der Waals surface area contributed by atoms with E-state index in [4.69, 9.17) is 14.9 Å². The molecular formula is C11H18O7P+. The second kappa shape index (κ2) is 6.84. The molecule has 1 aliphatic rings. The summed E-state index contributed by atoms with van der Waals surface area (Å²) in [5, 5.41) is 17.5. The minimum Gasteiger partial charge on any atom is -0.481 e. The molecule has 0 aromatic heterocycles. The standard InChI is InChI=1S/C11H17O7P/c12-9(13)5-4-8(11(14)15)7-19(16,17)10-3-1-2-6-18-10/h3,8,16-17H,1-2,4-7H2,(H-,12,13,14,15)/p+1. The minimum atomic E-state index is -3.62. The summed E-state index contributed by atoms with van der Waals surface area (Å²) in [7, 11) is -3.62. The van der Waals surface area contributed by atoms with E-state index in [-0.39, 0.29) is 24.5 Å². The van der Waals surface area contributed by atoms with Crippen LogP contribution in [-0.2, 0) is 14.3 Å². The van der Waals surface area contributed by atoms with Gasteiger partial charge in [-0.25, -0.2) is 9.79 Å². The number of rotatable bonds is 7. The van der Waals surface area contributed by atoms with Gasteiger partial charge in [-0.1, -0.05) is 0 Å². The van der Waals surface area contributed by atoms with Crippen molar-refractivity contribution in [2.45, 2.75) is 25.7 Å². The summed E-state index contributed by atoms with van der Waals surface area (Å²) in [4.78, 5) is 41.4. The molecule has 7 nitrogen and oxygen atoms in total. The van der Waals surface area contributed by atoms with Gasteiger partial charge in [0.1, 0.15) is 6.16 Å². The molecule has 0 bridgehead atoms. The zero-order valence-corrected chi connectivity index (χ0v) is 11.3. The number of carboxylic acid groups (broad SMARTS) is 2. The summed E-state index contributed by atoms with van der Waals surface area (Å²) in [5.74, 6) is -3.45. The highest BCUT2D eigenvalue weighted by Crippen LogP contribution is 2.60. The Morgan fingerprint density at radius 3 is 2.53 bits per heavy atom. The molecule has 1 unspecified atom stereocenters. The molecule has 0 aromatic carbocycles. The Bertz CT molecular complexity index is 377. The van der Waals surface area contributed by atoms with Gasteiger partial charge in [-0.15, -0.1) is 0 Å². The van der Waals surface area contributed by atoms with E-state index in [0.29, 0.717) is 13.0 Å². The number of aliphatic carboxylic acids is 2. The summed E-state index contributed by atoms with van der Waals surface area (Å²) in [6, 6.07) is 0. The zero-order valence-electron chi connectivity index (χ0n) is 10.4. The SMILES string of the molecule is O=C(O)CCC(C[P+](O)(O)C1=CCCCO1)C(=O)O. The van der Waals surface area contributed by atoms with Crippen molar-refractivity contribution in [2.24, 2.45) is 5.92 Å². The summed E-state index contributed by atoms with van der Waals surface area (Å²) >= 11 is 0. The Kier molecular flexibility index (Phi) is 5.72. The molecule has 0 fully saturated rings. The molecule has 0 saturated carbocycles. The van der Waals surface area contributed by atoms with E-state index in [1.165, 1.54) is 0 Å². The van der Waals surface area contributed by atoms with Gasteiger partial charge in [0.05, 0.1) is 12.5 Å². The van der Waals surface area contributed by atoms with E-state index in [1.807, 2.05) is 0 Å². The Morgan fingerprint density at radius 2 is 2.05 bits per heavy atom. The van der Waals surface area contributed by atoms with Crippen LogP contribution in [0.1, 0.15) is 25.7 Å². The van der Waals surface area contributed by atoms with Crippen molar-refractivity contribution >= 4 is 19.7 Å². The number of allylic oxidation sites excluding steroid dienone is 1. The number of ether oxygens (including phenoxy) is 1. The molecule has 0 aromatic rings. The molecule has 8 heteroatoms. The van der Waals surface area contributed by atoms with Crippen LogP contribution in [0.5, 0.6) is 0 Å². The fourth-order valence-electron chi connectivity index (χ4n) is 1.78. The van der Waals surface area contributed by atoms with Crippen molar-refractivity contribution in [2.75, 3.05) is 12.8 Å². The maximum Gasteiger partial charge on any atom is 0.337 e. The molecule has 1 aliphatic heterocycles. The maximum atomic E-state index is 11.0. The molecule has 1 atom stereocenters. The molecule has 108 valence electrons. The second-order valence-electron chi connectivity index (χ2n) is 4.41. The highest BCUT2D eigenvalue weighted by Gasteiger charge is 2.46. The molecule has 0 spiro atoms. The largest absolute Gasteiger partial charge is 0.481 e. The van der Waals surface area contributed by atoms with E-state index in [0.717, 1.165) is 6.42 Å². The smallest absolute Gasteiger partial charge is 0.337 e. The second-order valence-corrected chi connectivity index (χ2v) is 6.68. The van der Waals surface area contributed by atoms with Crippen LogP contribution in [0.15, 0.2) is 11.6 Å². The first kappa shape index (κ1) is 15.9. The van der Waals surface area contributed by atoms with Gasteiger partial charge in [0.2, 0.25) is 0 Å². The molecular weight excluding hydrogens is 275 g/mol. The topological polar surface area (TPSA) is 124 Å². The summed E-state index contributed by atoms with van der Waals surface area (Å²) in [5.41, 5.74) is 0.0559. The lowest BCUT2D eigenvalue weighted by atomic mass is 10.1. The molecule has 1 heterocycles. The number of hydrogen-bond acceptors (Lipinski definition) is 5. The van der Waals surface area contributed by atoms with Crippen LogP contribution in [0, 0.1) is 5.92 Å². The van der Waals surface area contributed by atoms with Crippen molar-refractivity contribution in [3.63, 3.8) is 0 Å². The summed E-state index contributed by atoms with van der Waals surface area (Å²) < 4.78 is 5.15.